The number of alkyl halides is 3. The largest absolute Gasteiger partial charge is 0.416 e. The first kappa shape index (κ1) is 23.5. The molecule has 0 bridgehead atoms. The molecule has 0 saturated heterocycles. The van der Waals surface area contributed by atoms with Crippen molar-refractivity contribution in [3.63, 3.8) is 0 Å². The normalized spacial score (nSPS) is 18.9. The van der Waals surface area contributed by atoms with Gasteiger partial charge in [-0.25, -0.2) is 0 Å². The number of fused-ring (bicyclic) bond motifs is 1. The second-order valence-corrected chi connectivity index (χ2v) is 10.1. The van der Waals surface area contributed by atoms with Crippen LogP contribution in [0.2, 0.25) is 0 Å². The zero-order valence-electron chi connectivity index (χ0n) is 18.9. The number of rotatable bonds is 6. The van der Waals surface area contributed by atoms with Gasteiger partial charge in [-0.3, -0.25) is 4.98 Å². The number of aryl methyl sites for hydroxylation is 1. The molecule has 3 aromatic rings. The van der Waals surface area contributed by atoms with E-state index in [1.165, 1.54) is 25.0 Å². The highest BCUT2D eigenvalue weighted by Gasteiger charge is 2.32. The lowest BCUT2D eigenvalue weighted by molar-refractivity contribution is -0.137. The number of aliphatic hydroxyl groups excluding tert-OH is 1. The van der Waals surface area contributed by atoms with Gasteiger partial charge in [0.05, 0.1) is 24.9 Å². The van der Waals surface area contributed by atoms with Gasteiger partial charge < -0.3 is 9.84 Å². The van der Waals surface area contributed by atoms with Crippen LogP contribution in [-0.2, 0) is 30.5 Å². The molecule has 0 amide bonds. The molecule has 2 aliphatic rings. The van der Waals surface area contributed by atoms with Gasteiger partial charge in [-0.05, 0) is 77.8 Å². The van der Waals surface area contributed by atoms with Gasteiger partial charge in [-0.1, -0.05) is 25.0 Å². The lowest BCUT2D eigenvalue weighted by atomic mass is 9.83. The Labute approximate surface area is 201 Å². The summed E-state index contributed by atoms with van der Waals surface area (Å²) in [5.74, 6) is 0.381. The molecule has 7 heteroatoms. The third-order valence-electron chi connectivity index (χ3n) is 7.02. The number of aliphatic hydroxyl groups is 1. The Kier molecular flexibility index (Phi) is 6.78. The van der Waals surface area contributed by atoms with Gasteiger partial charge in [0.25, 0.3) is 0 Å². The van der Waals surface area contributed by atoms with Crippen LogP contribution in [0.5, 0.6) is 0 Å². The number of hydrogen-bond donors (Lipinski definition) is 1. The maximum atomic E-state index is 12.9. The first-order chi connectivity index (χ1) is 16.4. The van der Waals surface area contributed by atoms with E-state index in [0.29, 0.717) is 18.1 Å². The van der Waals surface area contributed by atoms with E-state index < -0.39 is 17.8 Å². The zero-order chi connectivity index (χ0) is 23.7. The van der Waals surface area contributed by atoms with Crippen molar-refractivity contribution >= 4 is 11.3 Å². The van der Waals surface area contributed by atoms with Crippen molar-refractivity contribution in [2.75, 3.05) is 0 Å². The molecule has 34 heavy (non-hydrogen) atoms. The van der Waals surface area contributed by atoms with Crippen LogP contribution in [-0.4, -0.2) is 10.1 Å². The van der Waals surface area contributed by atoms with Crippen LogP contribution in [0, 0.1) is 0 Å². The van der Waals surface area contributed by atoms with Crippen molar-refractivity contribution in [3.05, 3.63) is 74.7 Å². The molecule has 1 atom stereocenters. The molecule has 1 saturated carbocycles. The summed E-state index contributed by atoms with van der Waals surface area (Å²) in [6.45, 7) is 0.524. The zero-order valence-corrected chi connectivity index (χ0v) is 19.7. The maximum Gasteiger partial charge on any atom is 0.416 e. The average molecular weight is 488 g/mol. The minimum atomic E-state index is -4.35. The third-order valence-corrected chi connectivity index (χ3v) is 7.70. The van der Waals surface area contributed by atoms with E-state index in [1.54, 1.807) is 11.3 Å². The van der Waals surface area contributed by atoms with Crippen LogP contribution >= 0.6 is 11.3 Å². The molecule has 2 aromatic heterocycles. The van der Waals surface area contributed by atoms with Crippen LogP contribution in [0.3, 0.4) is 0 Å². The number of nitrogens with zero attached hydrogens (tertiary/aromatic N) is 1. The van der Waals surface area contributed by atoms with Gasteiger partial charge in [0.15, 0.2) is 0 Å². The maximum absolute atomic E-state index is 12.9. The Morgan fingerprint density at radius 1 is 1.00 bits per heavy atom. The predicted octanol–water partition coefficient (Wildman–Crippen LogP) is 7.57. The standard InChI is InChI=1S/C27H28F3NO2S/c28-27(29,30)20-10-8-17(9-11-20)14-33-15-21-24(19-12-13-34-16-19)25-22(6-3-7-23(25)32)31-26(21)18-4-1-2-5-18/h8-13,16,18,23,32H,1-7,14-15H2. The molecule has 1 N–H and O–H groups in total. The molecule has 180 valence electrons. The molecule has 5 rings (SSSR count). The molecule has 2 aliphatic carbocycles. The van der Waals surface area contributed by atoms with Gasteiger partial charge in [0.2, 0.25) is 0 Å². The number of halogens is 3. The van der Waals surface area contributed by atoms with Crippen LogP contribution in [0.1, 0.15) is 84.2 Å². The summed E-state index contributed by atoms with van der Waals surface area (Å²) in [6, 6.07) is 7.20. The summed E-state index contributed by atoms with van der Waals surface area (Å²) in [5.41, 5.74) is 6.21. The summed E-state index contributed by atoms with van der Waals surface area (Å²) in [5, 5.41) is 15.1. The Morgan fingerprint density at radius 2 is 1.76 bits per heavy atom. The van der Waals surface area contributed by atoms with E-state index >= 15 is 0 Å². The molecule has 2 heterocycles. The number of thiophene rings is 1. The molecule has 0 spiro atoms. The highest BCUT2D eigenvalue weighted by molar-refractivity contribution is 7.08. The second kappa shape index (κ2) is 9.80. The number of pyridine rings is 1. The Morgan fingerprint density at radius 3 is 2.44 bits per heavy atom. The Hall–Kier alpha value is -2.22. The summed E-state index contributed by atoms with van der Waals surface area (Å²) >= 11 is 1.62. The number of aromatic nitrogens is 1. The van der Waals surface area contributed by atoms with Gasteiger partial charge in [-0.2, -0.15) is 24.5 Å². The molecule has 1 unspecified atom stereocenters. The van der Waals surface area contributed by atoms with Gasteiger partial charge in [-0.15, -0.1) is 0 Å². The Bertz CT molecular complexity index is 1120. The van der Waals surface area contributed by atoms with Crippen LogP contribution in [0.25, 0.3) is 11.1 Å². The van der Waals surface area contributed by atoms with Crippen molar-refractivity contribution in [1.82, 2.24) is 4.98 Å². The quantitative estimate of drug-likeness (QED) is 0.390. The Balaban J connectivity index is 1.49. The minimum Gasteiger partial charge on any atom is -0.388 e. The SMILES string of the molecule is OC1CCCc2nc(C3CCCC3)c(COCc3ccc(C(F)(F)F)cc3)c(-c3ccsc3)c21. The molecular weight excluding hydrogens is 459 g/mol. The highest BCUT2D eigenvalue weighted by Crippen LogP contribution is 2.45. The molecular formula is C27H28F3NO2S. The fourth-order valence-electron chi connectivity index (χ4n) is 5.35. The van der Waals surface area contributed by atoms with Crippen LogP contribution in [0.15, 0.2) is 41.1 Å². The number of ether oxygens (including phenoxy) is 1. The van der Waals surface area contributed by atoms with E-state index in [1.807, 2.05) is 5.38 Å². The van der Waals surface area contributed by atoms with E-state index in [0.717, 1.165) is 77.9 Å². The first-order valence-corrected chi connectivity index (χ1v) is 12.9. The van der Waals surface area contributed by atoms with Crippen LogP contribution in [0.4, 0.5) is 13.2 Å². The summed E-state index contributed by atoms with van der Waals surface area (Å²) < 4.78 is 44.7. The first-order valence-electron chi connectivity index (χ1n) is 11.9. The van der Waals surface area contributed by atoms with E-state index in [4.69, 9.17) is 9.72 Å². The lowest BCUT2D eigenvalue weighted by Crippen LogP contribution is -2.18. The van der Waals surface area contributed by atoms with Crippen molar-refractivity contribution < 1.29 is 23.0 Å². The smallest absolute Gasteiger partial charge is 0.388 e. The fraction of sp³-hybridized carbons (Fsp3) is 0.444. The van der Waals surface area contributed by atoms with Gasteiger partial charge in [0, 0.05) is 28.4 Å². The lowest BCUT2D eigenvalue weighted by Gasteiger charge is -2.29. The summed E-state index contributed by atoms with van der Waals surface area (Å²) in [4.78, 5) is 5.12. The average Bonchev–Trinajstić information content (AvgIpc) is 3.53. The summed E-state index contributed by atoms with van der Waals surface area (Å²) in [7, 11) is 0. The summed E-state index contributed by atoms with van der Waals surface area (Å²) in [6.07, 6.45) is 2.21. The van der Waals surface area contributed by atoms with E-state index in [2.05, 4.69) is 11.4 Å². The van der Waals surface area contributed by atoms with Gasteiger partial charge >= 0.3 is 6.18 Å². The van der Waals surface area contributed by atoms with E-state index in [9.17, 15) is 18.3 Å². The van der Waals surface area contributed by atoms with Crippen LogP contribution < -0.4 is 0 Å². The third kappa shape index (κ3) is 4.79. The van der Waals surface area contributed by atoms with Crippen molar-refractivity contribution in [3.8, 4) is 11.1 Å². The monoisotopic (exact) mass is 487 g/mol. The minimum absolute atomic E-state index is 0.213. The molecule has 3 nitrogen and oxygen atoms in total. The second-order valence-electron chi connectivity index (χ2n) is 9.30. The van der Waals surface area contributed by atoms with Gasteiger partial charge in [0.1, 0.15) is 0 Å². The molecule has 1 aromatic carbocycles. The number of benzene rings is 1. The topological polar surface area (TPSA) is 42.4 Å². The fourth-order valence-corrected chi connectivity index (χ4v) is 5.99. The molecule has 1 fully saturated rings. The van der Waals surface area contributed by atoms with E-state index in [-0.39, 0.29) is 6.61 Å². The van der Waals surface area contributed by atoms with Crippen molar-refractivity contribution in [2.45, 2.75) is 76.4 Å². The molecule has 0 aliphatic heterocycles. The van der Waals surface area contributed by atoms with Crippen molar-refractivity contribution in [1.29, 1.82) is 0 Å². The predicted molar refractivity (Wildman–Crippen MR) is 127 cm³/mol. The molecule has 0 radical (unpaired) electrons. The number of hydrogen-bond acceptors (Lipinski definition) is 4. The van der Waals surface area contributed by atoms with Crippen molar-refractivity contribution in [2.24, 2.45) is 0 Å². The highest BCUT2D eigenvalue weighted by atomic mass is 32.1.